The number of pyridine rings is 1. The van der Waals surface area contributed by atoms with Crippen LogP contribution in [0.1, 0.15) is 36.6 Å². The molecule has 7 nitrogen and oxygen atoms in total. The molecule has 0 radical (unpaired) electrons. The average Bonchev–Trinajstić information content (AvgIpc) is 3.40. The summed E-state index contributed by atoms with van der Waals surface area (Å²) < 4.78 is 94.2. The van der Waals surface area contributed by atoms with E-state index in [1.807, 2.05) is 0 Å². The molecule has 2 aliphatic heterocycles. The van der Waals surface area contributed by atoms with Gasteiger partial charge in [0.1, 0.15) is 11.1 Å². The highest BCUT2D eigenvalue weighted by atomic mass is 32.2. The Bertz CT molecular complexity index is 946. The van der Waals surface area contributed by atoms with E-state index in [9.17, 15) is 35.2 Å². The number of nitrogens with zero attached hydrogens (tertiary/aromatic N) is 1. The van der Waals surface area contributed by atoms with Gasteiger partial charge in [0.05, 0.1) is 16.0 Å². The molecule has 0 aromatic carbocycles. The number of halogens is 5. The molecule has 1 spiro atoms. The molecular formula is C16H16F5N3O4S. The van der Waals surface area contributed by atoms with E-state index in [1.165, 1.54) is 0 Å². The van der Waals surface area contributed by atoms with Crippen molar-refractivity contribution in [3.05, 3.63) is 23.5 Å². The van der Waals surface area contributed by atoms with Gasteiger partial charge in [-0.05, 0) is 25.0 Å². The van der Waals surface area contributed by atoms with Crippen molar-refractivity contribution in [1.29, 1.82) is 0 Å². The van der Waals surface area contributed by atoms with Crippen LogP contribution >= 0.6 is 0 Å². The number of aromatic nitrogens is 1. The van der Waals surface area contributed by atoms with Gasteiger partial charge in [-0.25, -0.2) is 22.0 Å². The molecule has 2 N–H and O–H groups in total. The maximum Gasteiger partial charge on any atom is 0.490 e. The summed E-state index contributed by atoms with van der Waals surface area (Å²) in [4.78, 5) is 14.7. The third-order valence-corrected chi connectivity index (χ3v) is 7.66. The van der Waals surface area contributed by atoms with Crippen LogP contribution in [0.2, 0.25) is 0 Å². The molecule has 3 fully saturated rings. The van der Waals surface area contributed by atoms with Crippen molar-refractivity contribution in [3.63, 3.8) is 0 Å². The summed E-state index contributed by atoms with van der Waals surface area (Å²) >= 11 is 0. The predicted molar refractivity (Wildman–Crippen MR) is 86.5 cm³/mol. The van der Waals surface area contributed by atoms with Gasteiger partial charge in [-0.15, -0.1) is 0 Å². The third kappa shape index (κ3) is 3.28. The van der Waals surface area contributed by atoms with Crippen LogP contribution in [0.15, 0.2) is 17.0 Å². The van der Waals surface area contributed by atoms with Gasteiger partial charge in [0.15, 0.2) is 16.1 Å². The molecule has 160 valence electrons. The number of rotatable bonds is 5. The zero-order valence-electron chi connectivity index (χ0n) is 14.7. The lowest BCUT2D eigenvalue weighted by molar-refractivity contribution is -0.227. The lowest BCUT2D eigenvalue weighted by atomic mass is 9.73. The maximum absolute atomic E-state index is 13.2. The van der Waals surface area contributed by atoms with E-state index in [2.05, 4.69) is 20.4 Å². The molecule has 13 heteroatoms. The Morgan fingerprint density at radius 3 is 2.31 bits per heavy atom. The summed E-state index contributed by atoms with van der Waals surface area (Å²) in [6.07, 6.45) is -8.29. The number of carbonyl (C=O) groups is 1. The SMILES string of the molecule is O=C(OC1NCC12CNC2S(=O)(=O)c1ccc(C(F)F)nc1C1CC1)C(F)(F)F. The van der Waals surface area contributed by atoms with Crippen molar-refractivity contribution < 1.29 is 39.9 Å². The Morgan fingerprint density at radius 2 is 1.86 bits per heavy atom. The molecule has 1 aromatic rings. The second kappa shape index (κ2) is 6.57. The van der Waals surface area contributed by atoms with E-state index in [4.69, 9.17) is 0 Å². The number of nitrogens with one attached hydrogen (secondary N) is 2. The number of hydrogen-bond acceptors (Lipinski definition) is 7. The van der Waals surface area contributed by atoms with Crippen LogP contribution in [0.5, 0.6) is 0 Å². The van der Waals surface area contributed by atoms with E-state index in [1.54, 1.807) is 0 Å². The molecule has 29 heavy (non-hydrogen) atoms. The lowest BCUT2D eigenvalue weighted by Crippen LogP contribution is -2.82. The molecular weight excluding hydrogens is 425 g/mol. The van der Waals surface area contributed by atoms with Gasteiger partial charge in [0.25, 0.3) is 6.43 Å². The molecule has 0 amide bonds. The van der Waals surface area contributed by atoms with Crippen molar-refractivity contribution in [1.82, 2.24) is 15.6 Å². The van der Waals surface area contributed by atoms with Crippen LogP contribution in [-0.2, 0) is 19.4 Å². The van der Waals surface area contributed by atoms with Gasteiger partial charge in [-0.1, -0.05) is 0 Å². The second-order valence-corrected chi connectivity index (χ2v) is 9.40. The quantitative estimate of drug-likeness (QED) is 0.530. The van der Waals surface area contributed by atoms with E-state index < -0.39 is 51.1 Å². The van der Waals surface area contributed by atoms with Gasteiger partial charge < -0.3 is 4.74 Å². The fraction of sp³-hybridized carbons (Fsp3) is 0.625. The first-order valence-corrected chi connectivity index (χ1v) is 10.3. The highest BCUT2D eigenvalue weighted by Crippen LogP contribution is 2.48. The van der Waals surface area contributed by atoms with Gasteiger partial charge in [-0.3, -0.25) is 15.6 Å². The van der Waals surface area contributed by atoms with Crippen LogP contribution in [0.25, 0.3) is 0 Å². The molecule has 1 aliphatic carbocycles. The average molecular weight is 441 g/mol. The van der Waals surface area contributed by atoms with E-state index in [0.717, 1.165) is 12.1 Å². The standard InChI is InChI=1S/C16H16F5N3O4S/c17-11(18)8-3-4-9(10(24-8)7-1-2-7)29(26,27)13-15(6-23-13)5-22-12(15)28-14(25)16(19,20)21/h3-4,7,11-13,22-23H,1-2,5-6H2. The Labute approximate surface area is 161 Å². The maximum atomic E-state index is 13.2. The van der Waals surface area contributed by atoms with Gasteiger partial charge in [0.2, 0.25) is 0 Å². The van der Waals surface area contributed by atoms with Gasteiger partial charge in [0, 0.05) is 19.0 Å². The Kier molecular flexibility index (Phi) is 4.63. The van der Waals surface area contributed by atoms with Crippen molar-refractivity contribution in [3.8, 4) is 0 Å². The van der Waals surface area contributed by atoms with Crippen LogP contribution in [0.3, 0.4) is 0 Å². The van der Waals surface area contributed by atoms with Crippen molar-refractivity contribution in [2.24, 2.45) is 5.41 Å². The van der Waals surface area contributed by atoms with Gasteiger partial charge in [-0.2, -0.15) is 13.2 Å². The van der Waals surface area contributed by atoms with Crippen molar-refractivity contribution in [2.45, 2.75) is 47.9 Å². The molecule has 2 saturated heterocycles. The lowest BCUT2D eigenvalue weighted by Gasteiger charge is -2.59. The minimum Gasteiger partial charge on any atom is -0.439 e. The Hall–Kier alpha value is -1.86. The molecule has 1 aromatic heterocycles. The molecule has 3 atom stereocenters. The highest BCUT2D eigenvalue weighted by molar-refractivity contribution is 7.92. The van der Waals surface area contributed by atoms with Crippen LogP contribution in [-0.4, -0.2) is 50.2 Å². The predicted octanol–water partition coefficient (Wildman–Crippen LogP) is 1.62. The van der Waals surface area contributed by atoms with E-state index >= 15 is 0 Å². The topological polar surface area (TPSA) is 97.4 Å². The zero-order chi connectivity index (χ0) is 21.2. The van der Waals surface area contributed by atoms with Crippen LogP contribution in [0.4, 0.5) is 22.0 Å². The fourth-order valence-corrected chi connectivity index (χ4v) is 5.87. The number of esters is 1. The summed E-state index contributed by atoms with van der Waals surface area (Å²) in [5.41, 5.74) is -1.77. The minimum absolute atomic E-state index is 0.0149. The first-order chi connectivity index (χ1) is 13.5. The summed E-state index contributed by atoms with van der Waals surface area (Å²) in [5, 5.41) is 3.84. The fourth-order valence-electron chi connectivity index (χ4n) is 3.65. The monoisotopic (exact) mass is 441 g/mol. The Balaban J connectivity index is 1.62. The first-order valence-electron chi connectivity index (χ1n) is 8.74. The van der Waals surface area contributed by atoms with Crippen molar-refractivity contribution in [2.75, 3.05) is 13.1 Å². The third-order valence-electron chi connectivity index (χ3n) is 5.45. The largest absolute Gasteiger partial charge is 0.490 e. The highest BCUT2D eigenvalue weighted by Gasteiger charge is 2.66. The smallest absolute Gasteiger partial charge is 0.439 e. The summed E-state index contributed by atoms with van der Waals surface area (Å²) in [7, 11) is -4.18. The zero-order valence-corrected chi connectivity index (χ0v) is 15.5. The molecule has 1 saturated carbocycles. The van der Waals surface area contributed by atoms with Gasteiger partial charge >= 0.3 is 12.1 Å². The first kappa shape index (κ1) is 20.4. The normalized spacial score (nSPS) is 29.4. The minimum atomic E-state index is -5.21. The summed E-state index contributed by atoms with van der Waals surface area (Å²) in [6.45, 7) is 0.0298. The molecule has 3 heterocycles. The molecule has 3 aliphatic rings. The number of alkyl halides is 5. The number of sulfone groups is 1. The number of hydrogen-bond donors (Lipinski definition) is 2. The number of ether oxygens (including phenoxy) is 1. The molecule has 0 bridgehead atoms. The Morgan fingerprint density at radius 1 is 1.21 bits per heavy atom. The van der Waals surface area contributed by atoms with Crippen LogP contribution < -0.4 is 10.6 Å². The summed E-state index contributed by atoms with van der Waals surface area (Å²) in [6, 6.07) is 1.99. The summed E-state index contributed by atoms with van der Waals surface area (Å²) in [5.74, 6) is -2.67. The second-order valence-electron chi connectivity index (χ2n) is 7.40. The van der Waals surface area contributed by atoms with Crippen LogP contribution in [0, 0.1) is 5.41 Å². The molecule has 3 unspecified atom stereocenters. The van der Waals surface area contributed by atoms with E-state index in [-0.39, 0.29) is 29.6 Å². The molecule has 4 rings (SSSR count). The number of carbonyl (C=O) groups excluding carboxylic acids is 1. The van der Waals surface area contributed by atoms with Crippen molar-refractivity contribution >= 4 is 15.8 Å². The van der Waals surface area contributed by atoms with E-state index in [0.29, 0.717) is 12.8 Å².